The second-order valence-corrected chi connectivity index (χ2v) is 5.57. The predicted molar refractivity (Wildman–Crippen MR) is 77.9 cm³/mol. The van der Waals surface area contributed by atoms with Gasteiger partial charge in [-0.2, -0.15) is 0 Å². The van der Waals surface area contributed by atoms with E-state index in [-0.39, 0.29) is 0 Å². The van der Waals surface area contributed by atoms with Gasteiger partial charge in [-0.15, -0.1) is 0 Å². The Labute approximate surface area is 115 Å². The third-order valence-electron chi connectivity index (χ3n) is 2.96. The van der Waals surface area contributed by atoms with Gasteiger partial charge in [0.15, 0.2) is 0 Å². The average Bonchev–Trinajstić information content (AvgIpc) is 2.25. The Morgan fingerprint density at radius 3 is 2.65 bits per heavy atom. The highest BCUT2D eigenvalue weighted by Gasteiger charge is 2.11. The Morgan fingerprint density at radius 1 is 1.29 bits per heavy atom. The number of benzene rings is 1. The summed E-state index contributed by atoms with van der Waals surface area (Å²) in [6.07, 6.45) is 2.06. The van der Waals surface area contributed by atoms with Gasteiger partial charge in [0.2, 0.25) is 0 Å². The van der Waals surface area contributed by atoms with Gasteiger partial charge in [0.25, 0.3) is 0 Å². The number of hydrogen-bond donors (Lipinski definition) is 0. The summed E-state index contributed by atoms with van der Waals surface area (Å²) < 4.78 is 1.12. The van der Waals surface area contributed by atoms with E-state index >= 15 is 0 Å². The first-order chi connectivity index (χ1) is 8.04. The van der Waals surface area contributed by atoms with Gasteiger partial charge in [-0.25, -0.2) is 0 Å². The molecule has 2 aromatic rings. The van der Waals surface area contributed by atoms with Crippen LogP contribution in [0, 0.1) is 13.8 Å². The van der Waals surface area contributed by atoms with Crippen molar-refractivity contribution in [2.75, 3.05) is 0 Å². The van der Waals surface area contributed by atoms with Crippen molar-refractivity contribution in [3.63, 3.8) is 0 Å². The smallest absolute Gasteiger partial charge is 0.0726 e. The lowest BCUT2D eigenvalue weighted by atomic mass is 10.0. The third-order valence-corrected chi connectivity index (χ3v) is 4.48. The molecular weight excluding hydrogens is 298 g/mol. The van der Waals surface area contributed by atoms with Crippen LogP contribution in [0.15, 0.2) is 16.6 Å². The average molecular weight is 313 g/mol. The van der Waals surface area contributed by atoms with Crippen molar-refractivity contribution in [3.05, 3.63) is 38.4 Å². The number of pyridine rings is 1. The number of hydrogen-bond acceptors (Lipinski definition) is 1. The number of fused-ring (bicyclic) bond motifs is 1. The molecular formula is C14H15BrClN. The fourth-order valence-corrected chi connectivity index (χ4v) is 2.79. The number of aryl methyl sites for hydroxylation is 3. The van der Waals surface area contributed by atoms with Crippen LogP contribution in [0.3, 0.4) is 0 Å². The molecule has 0 N–H and O–H groups in total. The summed E-state index contributed by atoms with van der Waals surface area (Å²) in [5.74, 6) is 0. The highest BCUT2D eigenvalue weighted by atomic mass is 79.9. The maximum absolute atomic E-state index is 6.37. The molecule has 0 aliphatic carbocycles. The lowest BCUT2D eigenvalue weighted by Crippen LogP contribution is -1.94. The van der Waals surface area contributed by atoms with Crippen molar-refractivity contribution in [2.24, 2.45) is 0 Å². The minimum Gasteiger partial charge on any atom is -0.253 e. The zero-order valence-corrected chi connectivity index (χ0v) is 12.6. The van der Waals surface area contributed by atoms with E-state index < -0.39 is 0 Å². The molecule has 90 valence electrons. The normalized spacial score (nSPS) is 11.1. The van der Waals surface area contributed by atoms with Crippen molar-refractivity contribution in [1.82, 2.24) is 4.98 Å². The Balaban J connectivity index is 2.77. The zero-order valence-electron chi connectivity index (χ0n) is 10.3. The number of nitrogens with zero attached hydrogens (tertiary/aromatic N) is 1. The van der Waals surface area contributed by atoms with Crippen LogP contribution >= 0.6 is 27.5 Å². The Kier molecular flexibility index (Phi) is 3.74. The molecule has 0 saturated carbocycles. The van der Waals surface area contributed by atoms with Crippen LogP contribution in [-0.4, -0.2) is 4.98 Å². The van der Waals surface area contributed by atoms with Gasteiger partial charge in [0.05, 0.1) is 10.5 Å². The maximum Gasteiger partial charge on any atom is 0.0726 e. The van der Waals surface area contributed by atoms with Gasteiger partial charge in [-0.05, 0) is 43.5 Å². The number of halogens is 2. The molecule has 2 rings (SSSR count). The van der Waals surface area contributed by atoms with Crippen LogP contribution < -0.4 is 0 Å². The van der Waals surface area contributed by atoms with Gasteiger partial charge < -0.3 is 0 Å². The molecule has 1 aromatic carbocycles. The van der Waals surface area contributed by atoms with E-state index in [0.717, 1.165) is 38.9 Å². The molecule has 0 bridgehead atoms. The van der Waals surface area contributed by atoms with E-state index in [4.69, 9.17) is 11.6 Å². The fourth-order valence-electron chi connectivity index (χ4n) is 2.12. The molecule has 0 unspecified atom stereocenters. The molecule has 0 spiro atoms. The number of rotatable bonds is 2. The first-order valence-electron chi connectivity index (χ1n) is 5.79. The van der Waals surface area contributed by atoms with Crippen LogP contribution in [0.25, 0.3) is 10.9 Å². The van der Waals surface area contributed by atoms with Crippen LogP contribution in [0.1, 0.15) is 30.2 Å². The second-order valence-electron chi connectivity index (χ2n) is 4.37. The van der Waals surface area contributed by atoms with E-state index in [1.165, 1.54) is 11.1 Å². The Hall–Kier alpha value is -0.600. The summed E-state index contributed by atoms with van der Waals surface area (Å²) in [6.45, 7) is 6.31. The third kappa shape index (κ3) is 2.34. The largest absolute Gasteiger partial charge is 0.253 e. The Bertz CT molecular complexity index is 578. The van der Waals surface area contributed by atoms with Crippen LogP contribution in [0.4, 0.5) is 0 Å². The highest BCUT2D eigenvalue weighted by molar-refractivity contribution is 9.10. The predicted octanol–water partition coefficient (Wildman–Crippen LogP) is 5.22. The van der Waals surface area contributed by atoms with Gasteiger partial charge in [0.1, 0.15) is 0 Å². The molecule has 1 heterocycles. The second kappa shape index (κ2) is 4.95. The minimum atomic E-state index is 0.802. The van der Waals surface area contributed by atoms with Gasteiger partial charge in [-0.1, -0.05) is 40.9 Å². The summed E-state index contributed by atoms with van der Waals surface area (Å²) in [5.41, 5.74) is 4.44. The maximum atomic E-state index is 6.37. The molecule has 0 aliphatic heterocycles. The fraction of sp³-hybridized carbons (Fsp3) is 0.357. The SMILES string of the molecule is CCCc1cc(Cl)c2c(C)c(Br)c(C)cc2n1. The molecule has 0 aliphatic rings. The lowest BCUT2D eigenvalue weighted by molar-refractivity contribution is 0.889. The van der Waals surface area contributed by atoms with Gasteiger partial charge in [-0.3, -0.25) is 4.98 Å². The summed E-state index contributed by atoms with van der Waals surface area (Å²) in [4.78, 5) is 4.68. The number of aromatic nitrogens is 1. The van der Waals surface area contributed by atoms with Crippen molar-refractivity contribution < 1.29 is 0 Å². The van der Waals surface area contributed by atoms with E-state index in [1.807, 2.05) is 6.07 Å². The molecule has 17 heavy (non-hydrogen) atoms. The molecule has 0 fully saturated rings. The van der Waals surface area contributed by atoms with Crippen molar-refractivity contribution >= 4 is 38.4 Å². The van der Waals surface area contributed by atoms with E-state index in [2.05, 4.69) is 47.8 Å². The standard InChI is InChI=1S/C14H15BrClN/c1-4-5-10-7-11(16)13-9(3)14(15)8(2)6-12(13)17-10/h6-7H,4-5H2,1-3H3. The van der Waals surface area contributed by atoms with E-state index in [0.29, 0.717) is 0 Å². The molecule has 3 heteroatoms. The van der Waals surface area contributed by atoms with E-state index in [1.54, 1.807) is 0 Å². The molecule has 1 nitrogen and oxygen atoms in total. The zero-order chi connectivity index (χ0) is 12.6. The molecule has 0 radical (unpaired) electrons. The first kappa shape index (κ1) is 12.8. The van der Waals surface area contributed by atoms with Crippen molar-refractivity contribution in [3.8, 4) is 0 Å². The van der Waals surface area contributed by atoms with Crippen molar-refractivity contribution in [1.29, 1.82) is 0 Å². The lowest BCUT2D eigenvalue weighted by Gasteiger charge is -2.11. The van der Waals surface area contributed by atoms with Crippen LogP contribution in [-0.2, 0) is 6.42 Å². The molecule has 0 atom stereocenters. The highest BCUT2D eigenvalue weighted by Crippen LogP contribution is 2.33. The first-order valence-corrected chi connectivity index (χ1v) is 6.96. The van der Waals surface area contributed by atoms with Gasteiger partial charge in [0, 0.05) is 15.6 Å². The van der Waals surface area contributed by atoms with Crippen molar-refractivity contribution in [2.45, 2.75) is 33.6 Å². The molecule has 0 saturated heterocycles. The minimum absolute atomic E-state index is 0.802. The summed E-state index contributed by atoms with van der Waals surface area (Å²) in [5, 5.41) is 1.86. The monoisotopic (exact) mass is 311 g/mol. The quantitative estimate of drug-likeness (QED) is 0.741. The molecule has 0 amide bonds. The van der Waals surface area contributed by atoms with Crippen LogP contribution in [0.5, 0.6) is 0 Å². The van der Waals surface area contributed by atoms with E-state index in [9.17, 15) is 0 Å². The summed E-state index contributed by atoms with van der Waals surface area (Å²) in [6, 6.07) is 4.08. The summed E-state index contributed by atoms with van der Waals surface area (Å²) in [7, 11) is 0. The topological polar surface area (TPSA) is 12.9 Å². The van der Waals surface area contributed by atoms with Crippen LogP contribution in [0.2, 0.25) is 5.02 Å². The summed E-state index contributed by atoms with van der Waals surface area (Å²) >= 11 is 9.96. The van der Waals surface area contributed by atoms with Gasteiger partial charge >= 0.3 is 0 Å². The Morgan fingerprint density at radius 2 is 2.00 bits per heavy atom. The molecule has 1 aromatic heterocycles.